The van der Waals surface area contributed by atoms with E-state index in [0.29, 0.717) is 12.4 Å². The molecule has 3 aromatic carbocycles. The number of nitrogens with zero attached hydrogens (tertiary/aromatic N) is 1. The van der Waals surface area contributed by atoms with Crippen LogP contribution in [-0.2, 0) is 4.79 Å². The minimum Gasteiger partial charge on any atom is -0.494 e. The van der Waals surface area contributed by atoms with E-state index in [9.17, 15) is 14.9 Å². The second kappa shape index (κ2) is 9.75. The van der Waals surface area contributed by atoms with Crippen molar-refractivity contribution in [1.29, 1.82) is 0 Å². The lowest BCUT2D eigenvalue weighted by molar-refractivity contribution is -0.384. The number of nitro benzene ring substituents is 1. The van der Waals surface area contributed by atoms with Crippen LogP contribution < -0.4 is 10.1 Å². The molecule has 1 amide bonds. The summed E-state index contributed by atoms with van der Waals surface area (Å²) in [5.41, 5.74) is 0.742. The zero-order valence-corrected chi connectivity index (χ0v) is 16.6. The molecule has 0 fully saturated rings. The summed E-state index contributed by atoms with van der Waals surface area (Å²) in [4.78, 5) is 25.0. The van der Waals surface area contributed by atoms with E-state index in [1.165, 1.54) is 23.9 Å². The molecule has 1 atom stereocenters. The van der Waals surface area contributed by atoms with Gasteiger partial charge in [0.1, 0.15) is 16.7 Å². The number of carbonyl (C=O) groups excluding carboxylic acids is 1. The van der Waals surface area contributed by atoms with Crippen molar-refractivity contribution in [2.75, 3.05) is 11.9 Å². The quantitative estimate of drug-likeness (QED) is 0.304. The van der Waals surface area contributed by atoms with E-state index in [0.717, 1.165) is 10.5 Å². The Kier molecular flexibility index (Phi) is 6.86. The second-order valence-corrected chi connectivity index (χ2v) is 7.26. The van der Waals surface area contributed by atoms with E-state index in [1.807, 2.05) is 60.7 Å². The van der Waals surface area contributed by atoms with E-state index in [1.54, 1.807) is 13.0 Å². The van der Waals surface area contributed by atoms with Crippen molar-refractivity contribution in [1.82, 2.24) is 0 Å². The number of hydrogen-bond donors (Lipinski definition) is 1. The lowest BCUT2D eigenvalue weighted by Crippen LogP contribution is -2.19. The van der Waals surface area contributed by atoms with Gasteiger partial charge in [0.25, 0.3) is 5.69 Å². The van der Waals surface area contributed by atoms with Gasteiger partial charge >= 0.3 is 0 Å². The van der Waals surface area contributed by atoms with Crippen molar-refractivity contribution in [3.63, 3.8) is 0 Å². The fourth-order valence-electron chi connectivity index (χ4n) is 2.76. The lowest BCUT2D eigenvalue weighted by Gasteiger charge is -2.17. The van der Waals surface area contributed by atoms with Crippen molar-refractivity contribution in [2.24, 2.45) is 0 Å². The standard InChI is InChI=1S/C22H20N2O4S/c1-2-28-17-13-14-19(20(15-17)24(26)27)23-22(25)21(16-9-5-3-6-10-16)29-18-11-7-4-8-12-18/h3-15,21H,2H2,1H3,(H,23,25). The highest BCUT2D eigenvalue weighted by molar-refractivity contribution is 8.00. The third kappa shape index (κ3) is 5.36. The van der Waals surface area contributed by atoms with Crippen LogP contribution in [-0.4, -0.2) is 17.4 Å². The van der Waals surface area contributed by atoms with Gasteiger partial charge in [-0.1, -0.05) is 48.5 Å². The average molecular weight is 408 g/mol. The fraction of sp³-hybridized carbons (Fsp3) is 0.136. The van der Waals surface area contributed by atoms with Crippen LogP contribution in [0.25, 0.3) is 0 Å². The van der Waals surface area contributed by atoms with Crippen LogP contribution in [0.4, 0.5) is 11.4 Å². The lowest BCUT2D eigenvalue weighted by atomic mass is 10.1. The SMILES string of the molecule is CCOc1ccc(NC(=O)C(Sc2ccccc2)c2ccccc2)c([N+](=O)[O-])c1. The van der Waals surface area contributed by atoms with Crippen LogP contribution in [0.5, 0.6) is 5.75 Å². The van der Waals surface area contributed by atoms with Gasteiger partial charge in [-0.2, -0.15) is 0 Å². The molecule has 0 aromatic heterocycles. The molecule has 0 saturated heterocycles. The number of nitro groups is 1. The minimum atomic E-state index is -0.565. The molecule has 0 bridgehead atoms. The number of carbonyl (C=O) groups is 1. The topological polar surface area (TPSA) is 81.5 Å². The summed E-state index contributed by atoms with van der Waals surface area (Å²) in [5.74, 6) is 0.0489. The molecule has 0 radical (unpaired) electrons. The summed E-state index contributed by atoms with van der Waals surface area (Å²) in [6.07, 6.45) is 0. The first-order valence-corrected chi connectivity index (χ1v) is 9.95. The van der Waals surface area contributed by atoms with Crippen LogP contribution in [0.3, 0.4) is 0 Å². The molecule has 0 aliphatic rings. The van der Waals surface area contributed by atoms with Gasteiger partial charge in [-0.05, 0) is 36.8 Å². The Labute approximate surface area is 173 Å². The van der Waals surface area contributed by atoms with Crippen LogP contribution in [0, 0.1) is 10.1 Å². The number of benzene rings is 3. The van der Waals surface area contributed by atoms with Crippen LogP contribution in [0.2, 0.25) is 0 Å². The molecule has 0 heterocycles. The predicted octanol–water partition coefficient (Wildman–Crippen LogP) is 5.47. The highest BCUT2D eigenvalue weighted by Crippen LogP contribution is 2.37. The summed E-state index contributed by atoms with van der Waals surface area (Å²) in [7, 11) is 0. The van der Waals surface area contributed by atoms with Gasteiger partial charge in [0.2, 0.25) is 5.91 Å². The molecule has 1 unspecified atom stereocenters. The number of hydrogen-bond acceptors (Lipinski definition) is 5. The Hall–Kier alpha value is -3.32. The van der Waals surface area contributed by atoms with Gasteiger partial charge in [-0.3, -0.25) is 14.9 Å². The van der Waals surface area contributed by atoms with Gasteiger partial charge in [0, 0.05) is 4.90 Å². The highest BCUT2D eigenvalue weighted by Gasteiger charge is 2.25. The zero-order valence-electron chi connectivity index (χ0n) is 15.8. The first kappa shape index (κ1) is 20.4. The Balaban J connectivity index is 1.89. The largest absolute Gasteiger partial charge is 0.494 e. The van der Waals surface area contributed by atoms with Crippen molar-refractivity contribution in [2.45, 2.75) is 17.1 Å². The number of anilines is 1. The molecule has 29 heavy (non-hydrogen) atoms. The first-order valence-electron chi connectivity index (χ1n) is 9.07. The Morgan fingerprint density at radius 2 is 1.72 bits per heavy atom. The average Bonchev–Trinajstić information content (AvgIpc) is 2.74. The smallest absolute Gasteiger partial charge is 0.296 e. The van der Waals surface area contributed by atoms with Gasteiger partial charge < -0.3 is 10.1 Å². The van der Waals surface area contributed by atoms with Crippen molar-refractivity contribution in [3.05, 3.63) is 94.5 Å². The molecule has 3 rings (SSSR count). The molecular formula is C22H20N2O4S. The molecule has 3 aromatic rings. The molecule has 0 spiro atoms. The molecule has 1 N–H and O–H groups in total. The summed E-state index contributed by atoms with van der Waals surface area (Å²) in [6.45, 7) is 2.19. The maximum atomic E-state index is 13.1. The molecule has 0 aliphatic heterocycles. The summed E-state index contributed by atoms with van der Waals surface area (Å²) >= 11 is 1.39. The minimum absolute atomic E-state index is 0.137. The van der Waals surface area contributed by atoms with Gasteiger partial charge in [-0.15, -0.1) is 11.8 Å². The van der Waals surface area contributed by atoms with E-state index >= 15 is 0 Å². The first-order chi connectivity index (χ1) is 14.1. The van der Waals surface area contributed by atoms with E-state index < -0.39 is 10.2 Å². The summed E-state index contributed by atoms with van der Waals surface area (Å²) < 4.78 is 5.33. The number of thioether (sulfide) groups is 1. The van der Waals surface area contributed by atoms with Gasteiger partial charge in [0.05, 0.1) is 17.6 Å². The van der Waals surface area contributed by atoms with Gasteiger partial charge in [-0.25, -0.2) is 0 Å². The molecule has 0 saturated carbocycles. The fourth-order valence-corrected chi connectivity index (χ4v) is 3.80. The number of rotatable bonds is 8. The number of ether oxygens (including phenoxy) is 1. The Morgan fingerprint density at radius 1 is 1.07 bits per heavy atom. The Bertz CT molecular complexity index is 981. The maximum Gasteiger partial charge on any atom is 0.296 e. The molecule has 7 heteroatoms. The maximum absolute atomic E-state index is 13.1. The van der Waals surface area contributed by atoms with Crippen molar-refractivity contribution >= 4 is 29.0 Å². The second-order valence-electron chi connectivity index (χ2n) is 6.08. The van der Waals surface area contributed by atoms with Crippen molar-refractivity contribution < 1.29 is 14.5 Å². The normalized spacial score (nSPS) is 11.5. The molecular weight excluding hydrogens is 388 g/mol. The van der Waals surface area contributed by atoms with E-state index in [4.69, 9.17) is 4.74 Å². The highest BCUT2D eigenvalue weighted by atomic mass is 32.2. The van der Waals surface area contributed by atoms with Crippen molar-refractivity contribution in [3.8, 4) is 5.75 Å². The molecule has 6 nitrogen and oxygen atoms in total. The van der Waals surface area contributed by atoms with E-state index in [2.05, 4.69) is 5.32 Å². The molecule has 148 valence electrons. The van der Waals surface area contributed by atoms with Gasteiger partial charge in [0.15, 0.2) is 0 Å². The molecule has 0 aliphatic carbocycles. The van der Waals surface area contributed by atoms with Crippen LogP contribution >= 0.6 is 11.8 Å². The van der Waals surface area contributed by atoms with Crippen LogP contribution in [0.1, 0.15) is 17.7 Å². The Morgan fingerprint density at radius 3 is 2.34 bits per heavy atom. The summed E-state index contributed by atoms with van der Waals surface area (Å²) in [5, 5.41) is 13.6. The third-order valence-corrected chi connectivity index (χ3v) is 5.34. The number of nitrogens with one attached hydrogen (secondary N) is 1. The number of amides is 1. The van der Waals surface area contributed by atoms with E-state index in [-0.39, 0.29) is 17.3 Å². The predicted molar refractivity (Wildman–Crippen MR) is 114 cm³/mol. The summed E-state index contributed by atoms with van der Waals surface area (Å²) in [6, 6.07) is 23.3. The zero-order chi connectivity index (χ0) is 20.6. The third-order valence-electron chi connectivity index (χ3n) is 4.07. The van der Waals surface area contributed by atoms with Crippen LogP contribution in [0.15, 0.2) is 83.8 Å². The monoisotopic (exact) mass is 408 g/mol.